The van der Waals surface area contributed by atoms with Crippen LogP contribution in [0, 0.1) is 6.92 Å². The van der Waals surface area contributed by atoms with Crippen molar-refractivity contribution in [1.82, 2.24) is 0 Å². The Bertz CT molecular complexity index is 1350. The summed E-state index contributed by atoms with van der Waals surface area (Å²) in [6.45, 7) is 1.61. The third-order valence-electron chi connectivity index (χ3n) is 5.30. The fourth-order valence-corrected chi connectivity index (χ4v) is 4.96. The molecule has 0 bridgehead atoms. The van der Waals surface area contributed by atoms with Gasteiger partial charge in [0.15, 0.2) is 11.5 Å². The first-order chi connectivity index (χ1) is 15.7. The third kappa shape index (κ3) is 4.06. The lowest BCUT2D eigenvalue weighted by atomic mass is 10.0. The van der Waals surface area contributed by atoms with Crippen molar-refractivity contribution >= 4 is 23.2 Å². The minimum Gasteiger partial charge on any atom is -0.507 e. The highest BCUT2D eigenvalue weighted by atomic mass is 32.2. The maximum atomic E-state index is 13.3. The number of thioether (sulfide) groups is 1. The number of hydrogen-bond donors (Lipinski definition) is 1. The average Bonchev–Trinajstić information content (AvgIpc) is 3.12. The second-order valence-corrected chi connectivity index (χ2v) is 8.81. The monoisotopic (exact) mass is 475 g/mol. The fourth-order valence-electron chi connectivity index (χ4n) is 3.76. The molecule has 0 fully saturated rings. The van der Waals surface area contributed by atoms with Gasteiger partial charge in [-0.3, -0.25) is 4.99 Å². The van der Waals surface area contributed by atoms with E-state index in [1.165, 1.54) is 30.8 Å². The summed E-state index contributed by atoms with van der Waals surface area (Å²) < 4.78 is 55.9. The molecule has 3 aromatic rings. The molecule has 0 spiro atoms. The second kappa shape index (κ2) is 7.87. The molecule has 6 nitrogen and oxygen atoms in total. The van der Waals surface area contributed by atoms with E-state index >= 15 is 0 Å². The Balaban J connectivity index is 1.67. The van der Waals surface area contributed by atoms with Crippen LogP contribution in [0.3, 0.4) is 0 Å². The lowest BCUT2D eigenvalue weighted by Gasteiger charge is -2.17. The summed E-state index contributed by atoms with van der Waals surface area (Å²) in [4.78, 5) is 17.5. The predicted molar refractivity (Wildman–Crippen MR) is 115 cm³/mol. The molecule has 0 radical (unpaired) electrons. The lowest BCUT2D eigenvalue weighted by molar-refractivity contribution is -0.137. The molecule has 0 amide bonds. The number of halogens is 3. The number of hydrogen-bond acceptors (Lipinski definition) is 7. The molecule has 5 rings (SSSR count). The highest BCUT2D eigenvalue weighted by Gasteiger charge is 2.33. The Morgan fingerprint density at radius 1 is 1.09 bits per heavy atom. The number of nitrogens with zero attached hydrogens (tertiary/aromatic N) is 1. The van der Waals surface area contributed by atoms with Crippen LogP contribution in [-0.4, -0.2) is 17.6 Å². The summed E-state index contributed by atoms with van der Waals surface area (Å²) in [6, 6.07) is 9.97. The van der Waals surface area contributed by atoms with E-state index in [0.717, 1.165) is 17.7 Å². The molecule has 1 N–H and O–H groups in total. The van der Waals surface area contributed by atoms with Crippen LogP contribution in [0.25, 0.3) is 0 Å². The number of alkyl halides is 3. The van der Waals surface area contributed by atoms with E-state index in [1.54, 1.807) is 12.1 Å². The van der Waals surface area contributed by atoms with Gasteiger partial charge < -0.3 is 19.0 Å². The first-order valence-corrected chi connectivity index (χ1v) is 10.8. The summed E-state index contributed by atoms with van der Waals surface area (Å²) in [5.41, 5.74) is -0.831. The molecule has 0 saturated heterocycles. The molecule has 2 aliphatic heterocycles. The van der Waals surface area contributed by atoms with Crippen molar-refractivity contribution in [2.45, 2.75) is 29.7 Å². The van der Waals surface area contributed by atoms with Crippen LogP contribution in [-0.2, 0) is 6.18 Å². The molecule has 2 aliphatic rings. The van der Waals surface area contributed by atoms with Crippen molar-refractivity contribution in [3.05, 3.63) is 75.3 Å². The number of benzene rings is 2. The number of ether oxygens (including phenoxy) is 2. The van der Waals surface area contributed by atoms with Gasteiger partial charge in [-0.05, 0) is 42.8 Å². The molecule has 0 aliphatic carbocycles. The zero-order valence-electron chi connectivity index (χ0n) is 17.1. The van der Waals surface area contributed by atoms with Gasteiger partial charge in [0, 0.05) is 22.6 Å². The van der Waals surface area contributed by atoms with Crippen molar-refractivity contribution in [2.24, 2.45) is 4.99 Å². The van der Waals surface area contributed by atoms with E-state index in [0.29, 0.717) is 16.4 Å². The van der Waals surface area contributed by atoms with Crippen molar-refractivity contribution in [3.8, 4) is 17.2 Å². The zero-order valence-corrected chi connectivity index (χ0v) is 17.9. The van der Waals surface area contributed by atoms with E-state index in [9.17, 15) is 23.1 Å². The van der Waals surface area contributed by atoms with Gasteiger partial charge in [-0.1, -0.05) is 6.07 Å². The largest absolute Gasteiger partial charge is 0.507 e. The van der Waals surface area contributed by atoms with Gasteiger partial charge in [-0.25, -0.2) is 4.79 Å². The minimum atomic E-state index is -4.55. The van der Waals surface area contributed by atoms with Gasteiger partial charge >= 0.3 is 11.8 Å². The standard InChI is InChI=1S/C23H16F3NO5S/c1-11-6-16(28)21(22(29)32-11)15-9-20(12-2-4-17-18(7-12)31-10-30-17)33-19-5-3-13(23(24,25)26)8-14(19)27-15/h2-8,20,28H,9-10H2,1H3/t20-/m1/s1. The summed E-state index contributed by atoms with van der Waals surface area (Å²) in [5.74, 6) is 1.02. The highest BCUT2D eigenvalue weighted by Crippen LogP contribution is 2.48. The van der Waals surface area contributed by atoms with Gasteiger partial charge in [0.2, 0.25) is 6.79 Å². The number of aliphatic imine (C=N–C) groups is 1. The Hall–Kier alpha value is -3.40. The van der Waals surface area contributed by atoms with Crippen molar-refractivity contribution in [1.29, 1.82) is 0 Å². The molecule has 0 unspecified atom stereocenters. The predicted octanol–water partition coefficient (Wildman–Crippen LogP) is 5.76. The van der Waals surface area contributed by atoms with Crippen molar-refractivity contribution in [3.63, 3.8) is 0 Å². The summed E-state index contributed by atoms with van der Waals surface area (Å²) in [6.07, 6.45) is -4.40. The molecule has 170 valence electrons. The van der Waals surface area contributed by atoms with Crippen LogP contribution in [0.4, 0.5) is 18.9 Å². The van der Waals surface area contributed by atoms with Gasteiger partial charge in [0.05, 0.1) is 17.0 Å². The molecule has 10 heteroatoms. The fraction of sp³-hybridized carbons (Fsp3) is 0.217. The zero-order chi connectivity index (χ0) is 23.3. The summed E-state index contributed by atoms with van der Waals surface area (Å²) >= 11 is 1.32. The van der Waals surface area contributed by atoms with E-state index in [1.807, 2.05) is 6.07 Å². The number of aromatic hydroxyl groups is 1. The van der Waals surface area contributed by atoms with Crippen LogP contribution in [0.5, 0.6) is 17.2 Å². The van der Waals surface area contributed by atoms with Crippen molar-refractivity contribution in [2.75, 3.05) is 6.79 Å². The number of fused-ring (bicyclic) bond motifs is 2. The van der Waals surface area contributed by atoms with Crippen LogP contribution in [0.15, 0.2) is 61.6 Å². The maximum absolute atomic E-state index is 13.3. The SMILES string of the molecule is Cc1cc(O)c(C2=Nc3cc(C(F)(F)F)ccc3S[C@@H](c3ccc4c(c3)OCO4)C2)c(=O)o1. The second-order valence-electron chi connectivity index (χ2n) is 7.57. The molecule has 1 atom stereocenters. The highest BCUT2D eigenvalue weighted by molar-refractivity contribution is 7.99. The van der Waals surface area contributed by atoms with Crippen LogP contribution < -0.4 is 15.1 Å². The van der Waals surface area contributed by atoms with E-state index in [4.69, 9.17) is 13.9 Å². The summed E-state index contributed by atoms with van der Waals surface area (Å²) in [7, 11) is 0. The smallest absolute Gasteiger partial charge is 0.416 e. The van der Waals surface area contributed by atoms with E-state index in [-0.39, 0.29) is 46.9 Å². The molecular formula is C23H16F3NO5S. The molecule has 0 saturated carbocycles. The number of rotatable bonds is 2. The molecular weight excluding hydrogens is 459 g/mol. The van der Waals surface area contributed by atoms with E-state index in [2.05, 4.69) is 4.99 Å². The van der Waals surface area contributed by atoms with Crippen molar-refractivity contribution < 1.29 is 32.2 Å². The lowest BCUT2D eigenvalue weighted by Crippen LogP contribution is -2.17. The molecule has 3 heterocycles. The Kier molecular flexibility index (Phi) is 5.12. The molecule has 1 aromatic heterocycles. The minimum absolute atomic E-state index is 0.0624. The van der Waals surface area contributed by atoms with Gasteiger partial charge in [0.25, 0.3) is 0 Å². The topological polar surface area (TPSA) is 81.3 Å². The Morgan fingerprint density at radius 2 is 1.88 bits per heavy atom. The first-order valence-electron chi connectivity index (χ1n) is 9.88. The van der Waals surface area contributed by atoms with Crippen LogP contribution in [0.2, 0.25) is 0 Å². The van der Waals surface area contributed by atoms with Crippen LogP contribution in [0.1, 0.15) is 34.1 Å². The van der Waals surface area contributed by atoms with Gasteiger partial charge in [0.1, 0.15) is 17.1 Å². The maximum Gasteiger partial charge on any atom is 0.416 e. The summed E-state index contributed by atoms with van der Waals surface area (Å²) in [5, 5.41) is 10.1. The average molecular weight is 475 g/mol. The Labute approximate surface area is 189 Å². The molecule has 2 aromatic carbocycles. The third-order valence-corrected chi connectivity index (χ3v) is 6.62. The normalized spacial score (nSPS) is 17.3. The quantitative estimate of drug-likeness (QED) is 0.508. The molecule has 33 heavy (non-hydrogen) atoms. The number of aryl methyl sites for hydroxylation is 1. The van der Waals surface area contributed by atoms with Gasteiger partial charge in [-0.15, -0.1) is 11.8 Å². The first kappa shape index (κ1) is 21.4. The Morgan fingerprint density at radius 3 is 2.64 bits per heavy atom. The van der Waals surface area contributed by atoms with Gasteiger partial charge in [-0.2, -0.15) is 13.2 Å². The van der Waals surface area contributed by atoms with E-state index < -0.39 is 17.4 Å². The van der Waals surface area contributed by atoms with Crippen LogP contribution >= 0.6 is 11.8 Å².